The zero-order valence-electron chi connectivity index (χ0n) is 21.0. The molecule has 10 heteroatoms. The number of hydrogen-bond acceptors (Lipinski definition) is 7. The summed E-state index contributed by atoms with van der Waals surface area (Å²) < 4.78 is 28.8. The lowest BCUT2D eigenvalue weighted by molar-refractivity contribution is -0.114. The molecule has 1 aromatic heterocycles. The minimum absolute atomic E-state index is 0.110. The van der Waals surface area contributed by atoms with Crippen LogP contribution >= 0.6 is 0 Å². The van der Waals surface area contributed by atoms with Crippen molar-refractivity contribution in [3.63, 3.8) is 0 Å². The van der Waals surface area contributed by atoms with Gasteiger partial charge in [-0.25, -0.2) is 13.1 Å². The maximum Gasteiger partial charge on any atom is 0.241 e. The summed E-state index contributed by atoms with van der Waals surface area (Å²) in [5, 5.41) is 26.0. The van der Waals surface area contributed by atoms with E-state index in [4.69, 9.17) is 0 Å². The molecule has 9 nitrogen and oxygen atoms in total. The van der Waals surface area contributed by atoms with Gasteiger partial charge in [0.15, 0.2) is 5.82 Å². The molecule has 37 heavy (non-hydrogen) atoms. The van der Waals surface area contributed by atoms with Crippen LogP contribution in [0.25, 0.3) is 22.0 Å². The van der Waals surface area contributed by atoms with Crippen molar-refractivity contribution < 1.29 is 18.3 Å². The van der Waals surface area contributed by atoms with Crippen molar-refractivity contribution in [3.8, 4) is 11.3 Å². The Balaban J connectivity index is 1.73. The lowest BCUT2D eigenvalue weighted by Crippen LogP contribution is -2.46. The first-order chi connectivity index (χ1) is 17.5. The molecule has 0 saturated heterocycles. The molecule has 4 aromatic rings. The number of hydrogen-bond donors (Lipinski definition) is 4. The number of rotatable bonds is 8. The van der Waals surface area contributed by atoms with Gasteiger partial charge >= 0.3 is 0 Å². The van der Waals surface area contributed by atoms with Crippen molar-refractivity contribution in [1.82, 2.24) is 14.9 Å². The van der Waals surface area contributed by atoms with E-state index in [1.807, 2.05) is 42.5 Å². The molecule has 1 heterocycles. The van der Waals surface area contributed by atoms with E-state index >= 15 is 0 Å². The number of nitrogens with zero attached hydrogens (tertiary/aromatic N) is 2. The average Bonchev–Trinajstić information content (AvgIpc) is 2.85. The average molecular weight is 520 g/mol. The number of fused-ring (bicyclic) bond motifs is 1. The lowest BCUT2D eigenvalue weighted by atomic mass is 10.0. The van der Waals surface area contributed by atoms with E-state index in [9.17, 15) is 18.3 Å². The van der Waals surface area contributed by atoms with E-state index in [2.05, 4.69) is 25.6 Å². The Labute approximate surface area is 216 Å². The van der Waals surface area contributed by atoms with Gasteiger partial charge in [0.1, 0.15) is 5.69 Å². The Morgan fingerprint density at radius 2 is 1.59 bits per heavy atom. The smallest absolute Gasteiger partial charge is 0.241 e. The molecule has 0 unspecified atom stereocenters. The topological polar surface area (TPSA) is 133 Å². The molecule has 0 aliphatic carbocycles. The number of carbonyl (C=O) groups excluding carboxylic acids is 1. The molecule has 0 bridgehead atoms. The molecular formula is C27H29N5O4S. The van der Waals surface area contributed by atoms with Crippen LogP contribution in [0.15, 0.2) is 71.6 Å². The fourth-order valence-corrected chi connectivity index (χ4v) is 5.55. The number of aryl methyl sites for hydroxylation is 1. The minimum atomic E-state index is -3.90. The normalized spacial score (nSPS) is 11.9. The Bertz CT molecular complexity index is 1570. The van der Waals surface area contributed by atoms with Crippen molar-refractivity contribution in [2.24, 2.45) is 0 Å². The van der Waals surface area contributed by atoms with E-state index in [0.29, 0.717) is 28.3 Å². The maximum absolute atomic E-state index is 13.1. The second kappa shape index (κ2) is 10.3. The summed E-state index contributed by atoms with van der Waals surface area (Å²) in [6, 6.07) is 20.0. The molecule has 3 aromatic carbocycles. The number of aliphatic hydroxyl groups is 1. The van der Waals surface area contributed by atoms with Crippen LogP contribution in [-0.2, 0) is 14.8 Å². The minimum Gasteiger partial charge on any atom is -0.394 e. The first-order valence-electron chi connectivity index (χ1n) is 11.6. The van der Waals surface area contributed by atoms with Crippen molar-refractivity contribution >= 4 is 43.9 Å². The number of sulfonamides is 1. The van der Waals surface area contributed by atoms with Crippen LogP contribution in [0.4, 0.5) is 17.2 Å². The van der Waals surface area contributed by atoms with Gasteiger partial charge < -0.3 is 15.7 Å². The number of nitrogens with one attached hydrogen (secondary N) is 3. The standard InChI is InChI=1S/C27H29N5O4S/c1-17-9-10-19(15-24(17)37(35,36)32-27(3,4)16-33)25-22-7-5-6-8-23(22)26(31-30-25)29-21-13-11-20(12-14-21)28-18(2)34/h5-15,32-33H,16H2,1-4H3,(H,28,34)(H,29,31). The van der Waals surface area contributed by atoms with Gasteiger partial charge in [-0.2, -0.15) is 0 Å². The Morgan fingerprint density at radius 3 is 2.24 bits per heavy atom. The Hall–Kier alpha value is -3.86. The SMILES string of the molecule is CC(=O)Nc1ccc(Nc2nnc(-c3ccc(C)c(S(=O)(=O)NC(C)(C)CO)c3)c3ccccc23)cc1. The third-order valence-corrected chi connectivity index (χ3v) is 7.55. The van der Waals surface area contributed by atoms with Crippen molar-refractivity contribution in [2.75, 3.05) is 17.2 Å². The molecule has 0 aliphatic heterocycles. The Morgan fingerprint density at radius 1 is 0.946 bits per heavy atom. The second-order valence-corrected chi connectivity index (χ2v) is 11.1. The van der Waals surface area contributed by atoms with Crippen LogP contribution in [0.3, 0.4) is 0 Å². The fourth-order valence-electron chi connectivity index (χ4n) is 3.87. The number of amides is 1. The monoisotopic (exact) mass is 519 g/mol. The largest absolute Gasteiger partial charge is 0.394 e. The van der Waals surface area contributed by atoms with Crippen LogP contribution in [0.2, 0.25) is 0 Å². The van der Waals surface area contributed by atoms with Gasteiger partial charge in [0.05, 0.1) is 17.0 Å². The van der Waals surface area contributed by atoms with E-state index < -0.39 is 15.6 Å². The summed E-state index contributed by atoms with van der Waals surface area (Å²) >= 11 is 0. The highest BCUT2D eigenvalue weighted by Crippen LogP contribution is 2.33. The van der Waals surface area contributed by atoms with Gasteiger partial charge in [-0.05, 0) is 56.7 Å². The molecule has 0 atom stereocenters. The zero-order chi connectivity index (χ0) is 26.8. The second-order valence-electron chi connectivity index (χ2n) is 9.45. The molecule has 0 aliphatic rings. The number of aliphatic hydroxyl groups excluding tert-OH is 1. The number of carbonyl (C=O) groups is 1. The van der Waals surface area contributed by atoms with Crippen LogP contribution in [-0.4, -0.2) is 41.8 Å². The molecule has 0 spiro atoms. The first-order valence-corrected chi connectivity index (χ1v) is 13.1. The number of aromatic nitrogens is 2. The van der Waals surface area contributed by atoms with Crippen LogP contribution in [0.1, 0.15) is 26.3 Å². The predicted molar refractivity (Wildman–Crippen MR) is 145 cm³/mol. The summed E-state index contributed by atoms with van der Waals surface area (Å²) in [5.41, 5.74) is 2.15. The summed E-state index contributed by atoms with van der Waals surface area (Å²) in [7, 11) is -3.90. The highest BCUT2D eigenvalue weighted by atomic mass is 32.2. The highest BCUT2D eigenvalue weighted by Gasteiger charge is 2.27. The molecule has 0 fully saturated rings. The number of anilines is 3. The molecule has 192 valence electrons. The summed E-state index contributed by atoms with van der Waals surface area (Å²) in [6.07, 6.45) is 0. The van der Waals surface area contributed by atoms with Gasteiger partial charge in [0.25, 0.3) is 0 Å². The van der Waals surface area contributed by atoms with E-state index in [1.54, 1.807) is 45.0 Å². The summed E-state index contributed by atoms with van der Waals surface area (Å²) in [6.45, 7) is 6.06. The molecule has 1 amide bonds. The maximum atomic E-state index is 13.1. The van der Waals surface area contributed by atoms with Gasteiger partial charge in [-0.3, -0.25) is 4.79 Å². The number of benzene rings is 3. The van der Waals surface area contributed by atoms with E-state index in [0.717, 1.165) is 16.5 Å². The first kappa shape index (κ1) is 26.2. The van der Waals surface area contributed by atoms with Gasteiger partial charge in [0.2, 0.25) is 15.9 Å². The predicted octanol–water partition coefficient (Wildman–Crippen LogP) is 4.36. The fraction of sp³-hybridized carbons (Fsp3) is 0.222. The van der Waals surface area contributed by atoms with Crippen LogP contribution in [0, 0.1) is 6.92 Å². The highest BCUT2D eigenvalue weighted by molar-refractivity contribution is 7.89. The van der Waals surface area contributed by atoms with Crippen LogP contribution < -0.4 is 15.4 Å². The molecule has 0 radical (unpaired) electrons. The van der Waals surface area contributed by atoms with E-state index in [1.165, 1.54) is 6.92 Å². The van der Waals surface area contributed by atoms with Gasteiger partial charge in [0, 0.05) is 34.6 Å². The zero-order valence-corrected chi connectivity index (χ0v) is 21.8. The Kier molecular flexibility index (Phi) is 7.26. The third-order valence-electron chi connectivity index (χ3n) is 5.71. The molecule has 4 rings (SSSR count). The third kappa shape index (κ3) is 5.93. The molecule has 0 saturated carbocycles. The van der Waals surface area contributed by atoms with Crippen molar-refractivity contribution in [1.29, 1.82) is 0 Å². The molecular weight excluding hydrogens is 490 g/mol. The van der Waals surface area contributed by atoms with E-state index in [-0.39, 0.29) is 17.4 Å². The summed E-state index contributed by atoms with van der Waals surface area (Å²) in [4.78, 5) is 11.4. The van der Waals surface area contributed by atoms with Gasteiger partial charge in [-0.1, -0.05) is 36.4 Å². The molecule has 4 N–H and O–H groups in total. The van der Waals surface area contributed by atoms with Crippen molar-refractivity contribution in [3.05, 3.63) is 72.3 Å². The quantitative estimate of drug-likeness (QED) is 0.272. The summed E-state index contributed by atoms with van der Waals surface area (Å²) in [5.74, 6) is 0.394. The van der Waals surface area contributed by atoms with Crippen LogP contribution in [0.5, 0.6) is 0 Å². The van der Waals surface area contributed by atoms with Crippen molar-refractivity contribution in [2.45, 2.75) is 38.1 Å². The van der Waals surface area contributed by atoms with Gasteiger partial charge in [-0.15, -0.1) is 10.2 Å². The lowest BCUT2D eigenvalue weighted by Gasteiger charge is -2.24.